The molecule has 1 N–H and O–H groups in total. The molecule has 1 aliphatic carbocycles. The lowest BCUT2D eigenvalue weighted by atomic mass is 9.62. The van der Waals surface area contributed by atoms with E-state index in [9.17, 15) is 4.79 Å². The number of aromatic nitrogens is 2. The maximum absolute atomic E-state index is 11.7. The van der Waals surface area contributed by atoms with E-state index < -0.39 is 0 Å². The minimum atomic E-state index is 0.125. The molecular formula is C29H32N6O. The molecule has 0 amide bonds. The van der Waals surface area contributed by atoms with Crippen molar-refractivity contribution >= 4 is 28.4 Å². The Kier molecular flexibility index (Phi) is 6.21. The van der Waals surface area contributed by atoms with Crippen molar-refractivity contribution in [3.05, 3.63) is 53.7 Å². The number of nitrogens with one attached hydrogen (secondary N) is 1. The molecule has 1 aliphatic heterocycles. The van der Waals surface area contributed by atoms with E-state index in [2.05, 4.69) is 58.7 Å². The molecule has 2 aliphatic rings. The van der Waals surface area contributed by atoms with Crippen molar-refractivity contribution in [3.8, 4) is 17.3 Å². The third kappa shape index (κ3) is 4.44. The van der Waals surface area contributed by atoms with Gasteiger partial charge in [-0.05, 0) is 61.8 Å². The highest BCUT2D eigenvalue weighted by molar-refractivity contribution is 6.18. The SMILES string of the molecule is CNc1cc(-c2ccc3cc(C#N)cnn23)ccc1C1=NN=C(C2CCC(CC(C)=O)C(C)(C)C2)C1. The van der Waals surface area contributed by atoms with E-state index >= 15 is 0 Å². The van der Waals surface area contributed by atoms with E-state index in [0.717, 1.165) is 59.4 Å². The fourth-order valence-electron chi connectivity index (χ4n) is 5.89. The van der Waals surface area contributed by atoms with Gasteiger partial charge in [0.05, 0.1) is 28.7 Å². The molecule has 1 aromatic carbocycles. The van der Waals surface area contributed by atoms with Crippen LogP contribution in [0.1, 0.15) is 64.0 Å². The number of hydrogen-bond donors (Lipinski definition) is 1. The van der Waals surface area contributed by atoms with E-state index in [1.54, 1.807) is 13.1 Å². The Hall–Kier alpha value is -3.79. The number of anilines is 1. The number of ketones is 1. The zero-order valence-electron chi connectivity index (χ0n) is 21.4. The van der Waals surface area contributed by atoms with Gasteiger partial charge in [-0.1, -0.05) is 26.0 Å². The maximum atomic E-state index is 11.7. The average molecular weight is 481 g/mol. The summed E-state index contributed by atoms with van der Waals surface area (Å²) in [7, 11) is 1.92. The molecule has 3 heterocycles. The number of nitriles is 1. The smallest absolute Gasteiger partial charge is 0.130 e. The summed E-state index contributed by atoms with van der Waals surface area (Å²) in [5, 5.41) is 26.2. The van der Waals surface area contributed by atoms with Crippen molar-refractivity contribution in [2.24, 2.45) is 27.5 Å². The summed E-state index contributed by atoms with van der Waals surface area (Å²) in [6.45, 7) is 6.29. The topological polar surface area (TPSA) is 94.9 Å². The number of nitrogens with zero attached hydrogens (tertiary/aromatic N) is 5. The van der Waals surface area contributed by atoms with Gasteiger partial charge in [0.25, 0.3) is 0 Å². The molecule has 2 atom stereocenters. The number of fused-ring (bicyclic) bond motifs is 1. The van der Waals surface area contributed by atoms with Crippen molar-refractivity contribution < 1.29 is 4.79 Å². The zero-order chi connectivity index (χ0) is 25.4. The van der Waals surface area contributed by atoms with Crippen LogP contribution in [0.15, 0.2) is 52.8 Å². The summed E-state index contributed by atoms with van der Waals surface area (Å²) < 4.78 is 1.85. The molecule has 0 saturated heterocycles. The first kappa shape index (κ1) is 23.9. The Morgan fingerprint density at radius 2 is 2.03 bits per heavy atom. The minimum absolute atomic E-state index is 0.125. The molecule has 0 spiro atoms. The van der Waals surface area contributed by atoms with Gasteiger partial charge in [-0.25, -0.2) is 4.52 Å². The van der Waals surface area contributed by atoms with E-state index in [1.807, 2.05) is 29.8 Å². The number of carbonyl (C=O) groups is 1. The molecule has 7 nitrogen and oxygen atoms in total. The van der Waals surface area contributed by atoms with Gasteiger partial charge >= 0.3 is 0 Å². The second kappa shape index (κ2) is 9.34. The predicted octanol–water partition coefficient (Wildman–Crippen LogP) is 5.89. The highest BCUT2D eigenvalue weighted by Crippen LogP contribution is 2.46. The van der Waals surface area contributed by atoms with Crippen molar-refractivity contribution in [3.63, 3.8) is 0 Å². The largest absolute Gasteiger partial charge is 0.388 e. The molecule has 0 bridgehead atoms. The monoisotopic (exact) mass is 480 g/mol. The van der Waals surface area contributed by atoms with E-state index in [1.165, 1.54) is 5.71 Å². The number of benzene rings is 1. The molecule has 2 unspecified atom stereocenters. The lowest BCUT2D eigenvalue weighted by molar-refractivity contribution is -0.119. The van der Waals surface area contributed by atoms with Crippen LogP contribution in [0.25, 0.3) is 16.8 Å². The third-order valence-electron chi connectivity index (χ3n) is 7.92. The van der Waals surface area contributed by atoms with Gasteiger partial charge < -0.3 is 10.1 Å². The number of Topliss-reactive ketones (excluding diaryl/α,β-unsaturated/α-hetero) is 1. The first-order chi connectivity index (χ1) is 17.3. The Morgan fingerprint density at radius 1 is 1.19 bits per heavy atom. The lowest BCUT2D eigenvalue weighted by Gasteiger charge is -2.42. The molecule has 3 aromatic rings. The van der Waals surface area contributed by atoms with Crippen molar-refractivity contribution in [2.75, 3.05) is 12.4 Å². The zero-order valence-corrected chi connectivity index (χ0v) is 21.4. The van der Waals surface area contributed by atoms with Crippen LogP contribution in [-0.2, 0) is 4.79 Å². The second-order valence-electron chi connectivity index (χ2n) is 10.8. The van der Waals surface area contributed by atoms with Crippen molar-refractivity contribution in [1.82, 2.24) is 9.61 Å². The summed E-state index contributed by atoms with van der Waals surface area (Å²) in [5.74, 6) is 1.15. The fourth-order valence-corrected chi connectivity index (χ4v) is 5.89. The number of hydrogen-bond acceptors (Lipinski definition) is 6. The Bertz CT molecular complexity index is 1440. The van der Waals surface area contributed by atoms with Gasteiger partial charge in [-0.2, -0.15) is 20.6 Å². The molecule has 5 rings (SSSR count). The van der Waals surface area contributed by atoms with E-state index in [-0.39, 0.29) is 11.2 Å². The van der Waals surface area contributed by atoms with Crippen LogP contribution in [0.2, 0.25) is 0 Å². The lowest BCUT2D eigenvalue weighted by Crippen LogP contribution is -2.36. The Labute approximate surface area is 211 Å². The first-order valence-electron chi connectivity index (χ1n) is 12.6. The van der Waals surface area contributed by atoms with Crippen molar-refractivity contribution in [1.29, 1.82) is 5.26 Å². The van der Waals surface area contributed by atoms with Gasteiger partial charge in [0.1, 0.15) is 11.9 Å². The molecule has 184 valence electrons. The van der Waals surface area contributed by atoms with Gasteiger partial charge in [-0.15, -0.1) is 0 Å². The van der Waals surface area contributed by atoms with Crippen LogP contribution < -0.4 is 5.32 Å². The molecule has 7 heteroatoms. The van der Waals surface area contributed by atoms with Crippen LogP contribution in [0.3, 0.4) is 0 Å². The fraction of sp³-hybridized carbons (Fsp3) is 0.414. The van der Waals surface area contributed by atoms with Gasteiger partial charge in [0.2, 0.25) is 0 Å². The highest BCUT2D eigenvalue weighted by atomic mass is 16.1. The van der Waals surface area contributed by atoms with Crippen LogP contribution in [0.5, 0.6) is 0 Å². The van der Waals surface area contributed by atoms with Crippen LogP contribution in [0.4, 0.5) is 5.69 Å². The summed E-state index contributed by atoms with van der Waals surface area (Å²) in [4.78, 5) is 11.7. The van der Waals surface area contributed by atoms with E-state index in [4.69, 9.17) is 5.26 Å². The van der Waals surface area contributed by atoms with Crippen LogP contribution >= 0.6 is 0 Å². The maximum Gasteiger partial charge on any atom is 0.130 e. The molecular weight excluding hydrogens is 448 g/mol. The average Bonchev–Trinajstić information content (AvgIpc) is 3.51. The van der Waals surface area contributed by atoms with Crippen molar-refractivity contribution in [2.45, 2.75) is 52.9 Å². The normalized spacial score (nSPS) is 21.1. The molecule has 0 radical (unpaired) electrons. The molecule has 1 saturated carbocycles. The second-order valence-corrected chi connectivity index (χ2v) is 10.8. The molecule has 36 heavy (non-hydrogen) atoms. The quantitative estimate of drug-likeness (QED) is 0.476. The summed E-state index contributed by atoms with van der Waals surface area (Å²) in [6.07, 6.45) is 6.22. The summed E-state index contributed by atoms with van der Waals surface area (Å²) >= 11 is 0. The van der Waals surface area contributed by atoms with Gasteiger partial charge in [0.15, 0.2) is 0 Å². The Morgan fingerprint density at radius 3 is 2.75 bits per heavy atom. The van der Waals surface area contributed by atoms with Gasteiger partial charge in [-0.3, -0.25) is 0 Å². The molecule has 1 fully saturated rings. The standard InChI is InChI=1S/C29H32N6O/c1-18(36)11-22-7-5-21(15-29(22,2)3)25-14-27(34-33-25)24-9-6-20(13-26(24)31-4)28-10-8-23-12-19(16-30)17-32-35(23)28/h6,8-10,12-13,17,21-22,31H,5,7,11,14-15H2,1-4H3. The Balaban J connectivity index is 1.33. The third-order valence-corrected chi connectivity index (χ3v) is 7.92. The summed E-state index contributed by atoms with van der Waals surface area (Å²) in [5.41, 5.74) is 7.77. The van der Waals surface area contributed by atoms with Crippen LogP contribution in [-0.4, -0.2) is 33.9 Å². The minimum Gasteiger partial charge on any atom is -0.388 e. The predicted molar refractivity (Wildman–Crippen MR) is 143 cm³/mol. The number of rotatable bonds is 6. The highest BCUT2D eigenvalue weighted by Gasteiger charge is 2.39. The molecule has 2 aromatic heterocycles. The summed E-state index contributed by atoms with van der Waals surface area (Å²) in [6, 6.07) is 14.3. The van der Waals surface area contributed by atoms with E-state index in [0.29, 0.717) is 23.8 Å². The first-order valence-corrected chi connectivity index (χ1v) is 12.6. The van der Waals surface area contributed by atoms with Gasteiger partial charge in [0, 0.05) is 48.3 Å². The van der Waals surface area contributed by atoms with Crippen LogP contribution in [0, 0.1) is 28.6 Å². The number of carbonyl (C=O) groups excluding carboxylic acids is 1.